The van der Waals surface area contributed by atoms with E-state index in [-0.39, 0.29) is 55.2 Å². The summed E-state index contributed by atoms with van der Waals surface area (Å²) in [5.41, 5.74) is -1.80. The predicted molar refractivity (Wildman–Crippen MR) is 141 cm³/mol. The van der Waals surface area contributed by atoms with Gasteiger partial charge in [-0.2, -0.15) is 0 Å². The Kier molecular flexibility index (Phi) is 13.8. The van der Waals surface area contributed by atoms with E-state index in [4.69, 9.17) is 18.9 Å². The van der Waals surface area contributed by atoms with E-state index in [2.05, 4.69) is 5.32 Å². The molecular formula is C28H43NO9. The fourth-order valence-electron chi connectivity index (χ4n) is 3.39. The van der Waals surface area contributed by atoms with Gasteiger partial charge in [0.2, 0.25) is 0 Å². The molecule has 0 heterocycles. The van der Waals surface area contributed by atoms with Gasteiger partial charge in [-0.3, -0.25) is 14.9 Å². The molecule has 2 N–H and O–H groups in total. The van der Waals surface area contributed by atoms with Gasteiger partial charge in [-0.1, -0.05) is 53.5 Å². The van der Waals surface area contributed by atoms with Crippen molar-refractivity contribution < 1.29 is 43.2 Å². The number of nitrogens with one attached hydrogen (secondary N) is 1. The van der Waals surface area contributed by atoms with Gasteiger partial charge in [0.15, 0.2) is 11.5 Å². The average Bonchev–Trinajstić information content (AvgIpc) is 2.84. The van der Waals surface area contributed by atoms with E-state index in [1.54, 1.807) is 13.8 Å². The molecular weight excluding hydrogens is 494 g/mol. The van der Waals surface area contributed by atoms with E-state index in [0.29, 0.717) is 12.0 Å². The summed E-state index contributed by atoms with van der Waals surface area (Å²) >= 11 is 0. The zero-order chi connectivity index (χ0) is 28.9. The lowest BCUT2D eigenvalue weighted by Gasteiger charge is -2.32. The number of benzene rings is 1. The van der Waals surface area contributed by atoms with E-state index in [9.17, 15) is 24.3 Å². The van der Waals surface area contributed by atoms with E-state index < -0.39 is 29.8 Å². The second-order valence-electron chi connectivity index (χ2n) is 9.71. The van der Waals surface area contributed by atoms with Crippen LogP contribution >= 0.6 is 0 Å². The minimum atomic E-state index is -2.16. The highest BCUT2D eigenvalue weighted by molar-refractivity contribution is 5.81. The molecule has 0 saturated carbocycles. The summed E-state index contributed by atoms with van der Waals surface area (Å²) in [5, 5.41) is 13.0. The van der Waals surface area contributed by atoms with Crippen molar-refractivity contribution in [1.82, 2.24) is 5.32 Å². The largest absolute Gasteiger partial charge is 0.510 e. The molecule has 1 aromatic rings. The highest BCUT2D eigenvalue weighted by atomic mass is 16.7. The minimum absolute atomic E-state index is 0.00482. The molecule has 10 heteroatoms. The Balaban J connectivity index is 3.44. The SMILES string of the molecule is CCOC(=O)O[C@](Cc1ccc(OC(=O)CC(C)CC)c(OC(=O)CC(C)CC)c1)(NC(C)CC)C(=O)O. The van der Waals surface area contributed by atoms with Crippen LogP contribution in [0, 0.1) is 11.8 Å². The molecule has 0 fully saturated rings. The molecule has 0 aliphatic heterocycles. The Morgan fingerprint density at radius 1 is 0.868 bits per heavy atom. The predicted octanol–water partition coefficient (Wildman–Crippen LogP) is 5.25. The van der Waals surface area contributed by atoms with Crippen LogP contribution in [-0.4, -0.2) is 47.5 Å². The number of aliphatic carboxylic acids is 1. The molecule has 38 heavy (non-hydrogen) atoms. The highest BCUT2D eigenvalue weighted by Crippen LogP contribution is 2.32. The molecule has 214 valence electrons. The summed E-state index contributed by atoms with van der Waals surface area (Å²) < 4.78 is 21.2. The molecule has 0 radical (unpaired) electrons. The Hall–Kier alpha value is -3.14. The monoisotopic (exact) mass is 537 g/mol. The van der Waals surface area contributed by atoms with E-state index >= 15 is 0 Å². The molecule has 4 atom stereocenters. The van der Waals surface area contributed by atoms with Gasteiger partial charge in [-0.05, 0) is 49.8 Å². The van der Waals surface area contributed by atoms with Crippen molar-refractivity contribution in [1.29, 1.82) is 0 Å². The van der Waals surface area contributed by atoms with Crippen molar-refractivity contribution >= 4 is 24.1 Å². The maximum absolute atomic E-state index is 12.6. The lowest BCUT2D eigenvalue weighted by atomic mass is 10.00. The zero-order valence-electron chi connectivity index (χ0n) is 23.6. The first kappa shape index (κ1) is 32.9. The first-order valence-electron chi connectivity index (χ1n) is 13.3. The van der Waals surface area contributed by atoms with Gasteiger partial charge in [0.05, 0.1) is 6.61 Å². The van der Waals surface area contributed by atoms with E-state index in [1.807, 2.05) is 34.6 Å². The lowest BCUT2D eigenvalue weighted by molar-refractivity contribution is -0.167. The first-order chi connectivity index (χ1) is 17.9. The van der Waals surface area contributed by atoms with Gasteiger partial charge in [0.1, 0.15) is 0 Å². The molecule has 0 saturated heterocycles. The van der Waals surface area contributed by atoms with Gasteiger partial charge in [0, 0.05) is 25.3 Å². The smallest absolute Gasteiger partial charge is 0.477 e. The Morgan fingerprint density at radius 3 is 1.89 bits per heavy atom. The second kappa shape index (κ2) is 16.0. The number of rotatable bonds is 16. The summed E-state index contributed by atoms with van der Waals surface area (Å²) in [6.07, 6.45) is 1.02. The number of ether oxygens (including phenoxy) is 4. The molecule has 0 spiro atoms. The molecule has 1 rings (SSSR count). The molecule has 0 bridgehead atoms. The number of carbonyl (C=O) groups excluding carboxylic acids is 3. The fraction of sp³-hybridized carbons (Fsp3) is 0.643. The number of esters is 2. The van der Waals surface area contributed by atoms with Crippen LogP contribution in [0.2, 0.25) is 0 Å². The van der Waals surface area contributed by atoms with Crippen LogP contribution in [0.1, 0.15) is 86.1 Å². The van der Waals surface area contributed by atoms with E-state index in [0.717, 1.165) is 12.8 Å². The normalized spacial score (nSPS) is 14.9. The van der Waals surface area contributed by atoms with Gasteiger partial charge >= 0.3 is 24.1 Å². The quantitative estimate of drug-likeness (QED) is 0.163. The van der Waals surface area contributed by atoms with Crippen LogP contribution in [0.5, 0.6) is 11.5 Å². The summed E-state index contributed by atoms with van der Waals surface area (Å²) in [5.74, 6) is -2.20. The third kappa shape index (κ3) is 10.7. The molecule has 0 amide bonds. The van der Waals surface area contributed by atoms with Crippen LogP contribution in [0.3, 0.4) is 0 Å². The van der Waals surface area contributed by atoms with Gasteiger partial charge in [-0.25, -0.2) is 9.59 Å². The van der Waals surface area contributed by atoms with Crippen LogP contribution in [-0.2, 0) is 30.3 Å². The maximum atomic E-state index is 12.6. The number of hydrogen-bond donors (Lipinski definition) is 2. The van der Waals surface area contributed by atoms with Crippen LogP contribution in [0.25, 0.3) is 0 Å². The van der Waals surface area contributed by atoms with Gasteiger partial charge in [0.25, 0.3) is 5.72 Å². The van der Waals surface area contributed by atoms with Crippen LogP contribution in [0.4, 0.5) is 4.79 Å². The van der Waals surface area contributed by atoms with Gasteiger partial charge < -0.3 is 24.1 Å². The molecule has 1 aromatic carbocycles. The van der Waals surface area contributed by atoms with E-state index in [1.165, 1.54) is 18.2 Å². The Bertz CT molecular complexity index is 948. The number of carboxylic acids is 1. The molecule has 0 aliphatic carbocycles. The Morgan fingerprint density at radius 2 is 1.42 bits per heavy atom. The van der Waals surface area contributed by atoms with Gasteiger partial charge in [-0.15, -0.1) is 0 Å². The molecule has 10 nitrogen and oxygen atoms in total. The van der Waals surface area contributed by atoms with Crippen molar-refractivity contribution in [3.63, 3.8) is 0 Å². The fourth-order valence-corrected chi connectivity index (χ4v) is 3.39. The zero-order valence-corrected chi connectivity index (χ0v) is 23.6. The third-order valence-corrected chi connectivity index (χ3v) is 6.29. The van der Waals surface area contributed by atoms with Crippen molar-refractivity contribution in [2.75, 3.05) is 6.61 Å². The van der Waals surface area contributed by atoms with Crippen molar-refractivity contribution in [2.24, 2.45) is 11.8 Å². The van der Waals surface area contributed by atoms with Crippen molar-refractivity contribution in [3.8, 4) is 11.5 Å². The molecule has 0 aliphatic rings. The first-order valence-corrected chi connectivity index (χ1v) is 13.3. The summed E-state index contributed by atoms with van der Waals surface area (Å²) in [6, 6.07) is 4.07. The number of carboxylic acid groups (broad SMARTS) is 1. The van der Waals surface area contributed by atoms with Crippen LogP contribution in [0.15, 0.2) is 18.2 Å². The maximum Gasteiger partial charge on any atom is 0.510 e. The van der Waals surface area contributed by atoms with Crippen molar-refractivity contribution in [2.45, 2.75) is 98.8 Å². The third-order valence-electron chi connectivity index (χ3n) is 6.29. The highest BCUT2D eigenvalue weighted by Gasteiger charge is 2.44. The average molecular weight is 538 g/mol. The summed E-state index contributed by atoms with van der Waals surface area (Å²) in [4.78, 5) is 49.7. The second-order valence-corrected chi connectivity index (χ2v) is 9.71. The number of hydrogen-bond acceptors (Lipinski definition) is 9. The van der Waals surface area contributed by atoms with Crippen molar-refractivity contribution in [3.05, 3.63) is 23.8 Å². The standard InChI is InChI=1S/C28H43NO9/c1-8-18(5)14-24(30)36-22-13-12-21(16-23(22)37-25(31)15-19(6)9-2)17-28(26(32)33,29-20(7)10-3)38-27(34)35-11-4/h12-13,16,18-20,29H,8-11,14-15,17H2,1-7H3,(H,32,33)/t18?,19?,20?,28-/m0/s1. The Labute approximate surface area is 225 Å². The minimum Gasteiger partial charge on any atom is -0.477 e. The summed E-state index contributed by atoms with van der Waals surface area (Å²) in [7, 11) is 0. The lowest BCUT2D eigenvalue weighted by Crippen LogP contribution is -2.59. The number of carbonyl (C=O) groups is 4. The molecule has 0 aromatic heterocycles. The summed E-state index contributed by atoms with van der Waals surface area (Å²) in [6.45, 7) is 13.0. The molecule has 3 unspecified atom stereocenters. The topological polar surface area (TPSA) is 137 Å². The van der Waals surface area contributed by atoms with Crippen LogP contribution < -0.4 is 14.8 Å².